The van der Waals surface area contributed by atoms with Crippen LogP contribution >= 0.6 is 7.82 Å². The molecule has 0 aliphatic carbocycles. The van der Waals surface area contributed by atoms with Crippen LogP contribution in [-0.4, -0.2) is 74.9 Å². The number of carbonyl (C=O) groups excluding carboxylic acids is 2. The van der Waals surface area contributed by atoms with Crippen molar-refractivity contribution in [1.29, 1.82) is 0 Å². The zero-order valence-electron chi connectivity index (χ0n) is 62.0. The summed E-state index contributed by atoms with van der Waals surface area (Å²) in [4.78, 5) is 36.0. The van der Waals surface area contributed by atoms with Crippen molar-refractivity contribution < 1.29 is 42.1 Å². The van der Waals surface area contributed by atoms with Crippen LogP contribution in [0.15, 0.2) is 85.1 Å². The number of quaternary nitrogens is 1. The Labute approximate surface area is 577 Å². The lowest BCUT2D eigenvalue weighted by Gasteiger charge is -2.24. The smallest absolute Gasteiger partial charge is 0.462 e. The highest BCUT2D eigenvalue weighted by atomic mass is 31.2. The number of phosphoric ester groups is 1. The van der Waals surface area contributed by atoms with E-state index in [4.69, 9.17) is 18.5 Å². The highest BCUT2D eigenvalue weighted by Crippen LogP contribution is 2.43. The predicted molar refractivity (Wildman–Crippen MR) is 404 cm³/mol. The topological polar surface area (TPSA) is 108 Å². The zero-order chi connectivity index (χ0) is 67.6. The van der Waals surface area contributed by atoms with E-state index in [0.717, 1.165) is 77.0 Å². The third kappa shape index (κ3) is 78.1. The SMILES string of the molecule is CC/C=C\C/C=C\C/C=C\C/C=C\C/C=C\C/C=C\C/C=C\CCCCCCCCCCCCCCCCCCCCCC(=O)OC(COC(=O)CCCCCCCCCCCCCCCCCCCCCCCCCCCCCC)COP(=O)(O)OCC[N+](C)(C)C. The molecule has 0 amide bonds. The number of rotatable bonds is 74. The van der Waals surface area contributed by atoms with Crippen molar-refractivity contribution in [1.82, 2.24) is 0 Å². The molecule has 0 aliphatic heterocycles. The summed E-state index contributed by atoms with van der Waals surface area (Å²) in [5, 5.41) is 0. The Morgan fingerprint density at radius 1 is 0.344 bits per heavy atom. The molecule has 0 saturated carbocycles. The summed E-state index contributed by atoms with van der Waals surface area (Å²) in [6.45, 7) is 4.39. The van der Waals surface area contributed by atoms with Gasteiger partial charge >= 0.3 is 19.8 Å². The summed E-state index contributed by atoms with van der Waals surface area (Å²) in [7, 11) is 1.49. The second kappa shape index (κ2) is 73.4. The van der Waals surface area contributed by atoms with E-state index < -0.39 is 26.5 Å². The monoisotopic (exact) mass is 1320 g/mol. The third-order valence-corrected chi connectivity index (χ3v) is 18.7. The molecule has 0 heterocycles. The van der Waals surface area contributed by atoms with E-state index in [2.05, 4.69) is 98.9 Å². The number of carbonyl (C=O) groups is 2. The Morgan fingerprint density at radius 2 is 0.613 bits per heavy atom. The van der Waals surface area contributed by atoms with E-state index in [1.807, 2.05) is 21.1 Å². The summed E-state index contributed by atoms with van der Waals surface area (Å²) in [6, 6.07) is 0. The molecule has 0 radical (unpaired) electrons. The van der Waals surface area contributed by atoms with Gasteiger partial charge in [0.05, 0.1) is 27.7 Å². The molecule has 0 aromatic carbocycles. The lowest BCUT2D eigenvalue weighted by Crippen LogP contribution is -2.37. The van der Waals surface area contributed by atoms with Gasteiger partial charge in [-0.2, -0.15) is 0 Å². The van der Waals surface area contributed by atoms with Crippen molar-refractivity contribution >= 4 is 19.8 Å². The molecule has 542 valence electrons. The first-order valence-corrected chi connectivity index (χ1v) is 41.3. The number of likely N-dealkylation sites (N-methyl/N-ethyl adjacent to an activating group) is 1. The first-order chi connectivity index (χ1) is 45.5. The maximum atomic E-state index is 12.9. The number of allylic oxidation sites excluding steroid dienone is 14. The molecular weight excluding hydrogens is 1170 g/mol. The molecule has 0 fully saturated rings. The quantitative estimate of drug-likeness (QED) is 0.0211. The van der Waals surface area contributed by atoms with Crippen LogP contribution in [-0.2, 0) is 32.7 Å². The molecule has 0 aromatic heterocycles. The summed E-state index contributed by atoms with van der Waals surface area (Å²) in [5.74, 6) is -0.776. The molecule has 0 spiro atoms. The van der Waals surface area contributed by atoms with Gasteiger partial charge in [-0.05, 0) is 70.6 Å². The average molecular weight is 1320 g/mol. The Kier molecular flexibility index (Phi) is 71.2. The second-order valence-electron chi connectivity index (χ2n) is 28.1. The fourth-order valence-electron chi connectivity index (χ4n) is 11.6. The standard InChI is InChI=1S/C83H152NO8P/c1-6-8-10-12-14-16-18-20-22-24-26-28-30-32-34-36-37-38-39-40-41-42-43-44-45-46-47-48-50-52-54-56-58-60-62-64-66-68-70-72-74-76-83(86)92-81(80-91-93(87,88)90-78-77-84(3,4)5)79-89-82(85)75-73-71-69-67-65-63-61-59-57-55-53-51-49-35-33-31-29-27-25-23-21-19-17-15-13-11-9-7-2/h8,10,14,16,20,22,26,28,32,34,37-38,40-41,81H,6-7,9,11-13,15,17-19,21,23-25,27,29-31,33,35-36,39,42-80H2,1-5H3/p+1/b10-8-,16-14-,22-20-,28-26-,34-32-,38-37-,41-40-. The zero-order valence-corrected chi connectivity index (χ0v) is 62.9. The lowest BCUT2D eigenvalue weighted by molar-refractivity contribution is -0.870. The van der Waals surface area contributed by atoms with Crippen LogP contribution in [0.1, 0.15) is 380 Å². The third-order valence-electron chi connectivity index (χ3n) is 17.7. The summed E-state index contributed by atoms with van der Waals surface area (Å²) in [5.41, 5.74) is 0. The van der Waals surface area contributed by atoms with Gasteiger partial charge in [0.2, 0.25) is 0 Å². The Hall–Kier alpha value is -2.81. The molecule has 0 rings (SSSR count). The molecule has 1 N–H and O–H groups in total. The van der Waals surface area contributed by atoms with Gasteiger partial charge in [0.15, 0.2) is 6.10 Å². The molecule has 0 aromatic rings. The van der Waals surface area contributed by atoms with E-state index in [-0.39, 0.29) is 25.6 Å². The largest absolute Gasteiger partial charge is 0.472 e. The minimum atomic E-state index is -4.39. The number of ether oxygens (including phenoxy) is 2. The molecule has 2 atom stereocenters. The number of nitrogens with zero attached hydrogens (tertiary/aromatic N) is 1. The van der Waals surface area contributed by atoms with Crippen LogP contribution in [0.5, 0.6) is 0 Å². The van der Waals surface area contributed by atoms with Gasteiger partial charge in [0.1, 0.15) is 19.8 Å². The first-order valence-electron chi connectivity index (χ1n) is 39.8. The van der Waals surface area contributed by atoms with Gasteiger partial charge in [0.25, 0.3) is 0 Å². The number of hydrogen-bond donors (Lipinski definition) is 1. The number of hydrogen-bond acceptors (Lipinski definition) is 7. The fraction of sp³-hybridized carbons (Fsp3) is 0.807. The molecular formula is C83H153NO8P+. The van der Waals surface area contributed by atoms with Crippen LogP contribution in [0.4, 0.5) is 0 Å². The van der Waals surface area contributed by atoms with E-state index in [1.54, 1.807) is 0 Å². The summed E-state index contributed by atoms with van der Waals surface area (Å²) < 4.78 is 34.8. The highest BCUT2D eigenvalue weighted by molar-refractivity contribution is 7.47. The van der Waals surface area contributed by atoms with Gasteiger partial charge in [-0.1, -0.05) is 381 Å². The first kappa shape index (κ1) is 90.2. The Balaban J connectivity index is 3.93. The molecule has 2 unspecified atom stereocenters. The lowest BCUT2D eigenvalue weighted by atomic mass is 10.0. The molecule has 93 heavy (non-hydrogen) atoms. The van der Waals surface area contributed by atoms with E-state index in [0.29, 0.717) is 23.9 Å². The Bertz CT molecular complexity index is 1850. The van der Waals surface area contributed by atoms with Crippen LogP contribution in [0, 0.1) is 0 Å². The molecule has 0 aliphatic rings. The van der Waals surface area contributed by atoms with Gasteiger partial charge in [0, 0.05) is 12.8 Å². The predicted octanol–water partition coefficient (Wildman–Crippen LogP) is 26.5. The van der Waals surface area contributed by atoms with E-state index in [1.165, 1.54) is 270 Å². The van der Waals surface area contributed by atoms with Crippen LogP contribution in [0.3, 0.4) is 0 Å². The van der Waals surface area contributed by atoms with Crippen molar-refractivity contribution in [3.05, 3.63) is 85.1 Å². The number of phosphoric acid groups is 1. The number of unbranched alkanes of at least 4 members (excludes halogenated alkanes) is 46. The molecule has 10 heteroatoms. The van der Waals surface area contributed by atoms with Gasteiger partial charge in [-0.3, -0.25) is 18.6 Å². The van der Waals surface area contributed by atoms with Crippen LogP contribution in [0.25, 0.3) is 0 Å². The minimum absolute atomic E-state index is 0.0331. The van der Waals surface area contributed by atoms with Crippen molar-refractivity contribution in [2.45, 2.75) is 386 Å². The molecule has 9 nitrogen and oxygen atoms in total. The van der Waals surface area contributed by atoms with E-state index >= 15 is 0 Å². The average Bonchev–Trinajstić information content (AvgIpc) is 2.30. The normalized spacial score (nSPS) is 13.5. The minimum Gasteiger partial charge on any atom is -0.462 e. The van der Waals surface area contributed by atoms with Crippen molar-refractivity contribution in [3.63, 3.8) is 0 Å². The summed E-state index contributed by atoms with van der Waals surface area (Å²) in [6.07, 6.45) is 102. The van der Waals surface area contributed by atoms with Gasteiger partial charge < -0.3 is 18.9 Å². The Morgan fingerprint density at radius 3 is 0.914 bits per heavy atom. The highest BCUT2D eigenvalue weighted by Gasteiger charge is 2.27. The maximum Gasteiger partial charge on any atom is 0.472 e. The summed E-state index contributed by atoms with van der Waals surface area (Å²) >= 11 is 0. The van der Waals surface area contributed by atoms with Crippen molar-refractivity contribution in [2.75, 3.05) is 47.5 Å². The van der Waals surface area contributed by atoms with Gasteiger partial charge in [-0.25, -0.2) is 4.57 Å². The van der Waals surface area contributed by atoms with Crippen LogP contribution in [0.2, 0.25) is 0 Å². The molecule has 0 bridgehead atoms. The van der Waals surface area contributed by atoms with Gasteiger partial charge in [-0.15, -0.1) is 0 Å². The van der Waals surface area contributed by atoms with Crippen molar-refractivity contribution in [2.24, 2.45) is 0 Å². The maximum absolute atomic E-state index is 12.9. The fourth-order valence-corrected chi connectivity index (χ4v) is 12.4. The van der Waals surface area contributed by atoms with Crippen LogP contribution < -0.4 is 0 Å². The number of esters is 2. The second-order valence-corrected chi connectivity index (χ2v) is 29.5. The van der Waals surface area contributed by atoms with Crippen molar-refractivity contribution in [3.8, 4) is 0 Å². The van der Waals surface area contributed by atoms with E-state index in [9.17, 15) is 19.0 Å². The molecule has 0 saturated heterocycles.